The highest BCUT2D eigenvalue weighted by molar-refractivity contribution is 7.13. The van der Waals surface area contributed by atoms with Crippen molar-refractivity contribution in [3.8, 4) is 0 Å². The Bertz CT molecular complexity index is 859. The molecule has 1 aliphatic heterocycles. The number of rotatable bonds is 6. The Kier molecular flexibility index (Phi) is 4.65. The third kappa shape index (κ3) is 3.45. The molecule has 8 heteroatoms. The van der Waals surface area contributed by atoms with Crippen LogP contribution < -0.4 is 10.2 Å². The molecule has 1 aromatic carbocycles. The molecule has 1 fully saturated rings. The second kappa shape index (κ2) is 7.09. The van der Waals surface area contributed by atoms with E-state index < -0.39 is 5.41 Å². The molecule has 3 heterocycles. The van der Waals surface area contributed by atoms with E-state index in [1.807, 2.05) is 29.6 Å². The van der Waals surface area contributed by atoms with Crippen LogP contribution in [0.15, 0.2) is 52.7 Å². The summed E-state index contributed by atoms with van der Waals surface area (Å²) in [6.45, 7) is 1.62. The van der Waals surface area contributed by atoms with Gasteiger partial charge in [0.05, 0.1) is 12.0 Å². The first kappa shape index (κ1) is 17.1. The number of thiazole rings is 1. The van der Waals surface area contributed by atoms with Crippen LogP contribution in [0.25, 0.3) is 0 Å². The first-order valence-electron chi connectivity index (χ1n) is 8.21. The van der Waals surface area contributed by atoms with E-state index in [0.717, 1.165) is 10.7 Å². The summed E-state index contributed by atoms with van der Waals surface area (Å²) in [5.74, 6) is 0.0169. The van der Waals surface area contributed by atoms with Crippen LogP contribution in [-0.4, -0.2) is 29.1 Å². The highest BCUT2D eigenvalue weighted by Crippen LogP contribution is 2.38. The number of aromatic nitrogens is 2. The quantitative estimate of drug-likeness (QED) is 0.702. The number of hydrogen-bond acceptors (Lipinski definition) is 6. The van der Waals surface area contributed by atoms with E-state index >= 15 is 0 Å². The number of carbonyl (C=O) groups excluding carboxylic acids is 1. The van der Waals surface area contributed by atoms with Crippen molar-refractivity contribution in [3.05, 3.63) is 64.5 Å². The van der Waals surface area contributed by atoms with Crippen LogP contribution in [0.2, 0.25) is 5.02 Å². The summed E-state index contributed by atoms with van der Waals surface area (Å²) < 4.78 is 4.82. The molecule has 4 rings (SSSR count). The summed E-state index contributed by atoms with van der Waals surface area (Å²) >= 11 is 7.56. The summed E-state index contributed by atoms with van der Waals surface area (Å²) in [5, 5.41) is 10.4. The van der Waals surface area contributed by atoms with E-state index in [4.69, 9.17) is 16.1 Å². The van der Waals surface area contributed by atoms with E-state index in [2.05, 4.69) is 20.4 Å². The molecule has 2 aromatic heterocycles. The zero-order valence-electron chi connectivity index (χ0n) is 13.9. The highest BCUT2D eigenvalue weighted by atomic mass is 35.5. The lowest BCUT2D eigenvalue weighted by Gasteiger charge is -2.49. The third-order valence-corrected chi connectivity index (χ3v) is 5.62. The number of hydrogen-bond donors (Lipinski definition) is 1. The molecule has 0 atom stereocenters. The van der Waals surface area contributed by atoms with E-state index in [-0.39, 0.29) is 5.91 Å². The molecule has 0 spiro atoms. The average Bonchev–Trinajstić information content (AvgIpc) is 3.31. The number of nitrogens with one attached hydrogen (secondary N) is 1. The van der Waals surface area contributed by atoms with Crippen LogP contribution in [-0.2, 0) is 17.8 Å². The van der Waals surface area contributed by atoms with Crippen LogP contribution in [0.4, 0.5) is 5.13 Å². The number of halogens is 1. The number of amides is 1. The molecular formula is C18H17ClN4O2S. The second-order valence-electron chi connectivity index (χ2n) is 6.43. The zero-order valence-corrected chi connectivity index (χ0v) is 15.5. The molecule has 1 saturated heterocycles. The monoisotopic (exact) mass is 388 g/mol. The Balaban J connectivity index is 1.49. The minimum Gasteiger partial charge on any atom is -0.364 e. The molecular weight excluding hydrogens is 372 g/mol. The van der Waals surface area contributed by atoms with Crippen LogP contribution >= 0.6 is 22.9 Å². The summed E-state index contributed by atoms with van der Waals surface area (Å²) in [4.78, 5) is 19.5. The van der Waals surface area contributed by atoms with Crippen LogP contribution in [0.5, 0.6) is 0 Å². The zero-order chi connectivity index (χ0) is 18.0. The Morgan fingerprint density at radius 2 is 2.12 bits per heavy atom. The summed E-state index contributed by atoms with van der Waals surface area (Å²) in [7, 11) is 0. The van der Waals surface area contributed by atoms with Crippen molar-refractivity contribution in [3.63, 3.8) is 0 Å². The topological polar surface area (TPSA) is 71.3 Å². The van der Waals surface area contributed by atoms with Gasteiger partial charge in [-0.25, -0.2) is 4.98 Å². The lowest BCUT2D eigenvalue weighted by Crippen LogP contribution is -2.64. The maximum Gasteiger partial charge on any atom is 0.230 e. The summed E-state index contributed by atoms with van der Waals surface area (Å²) in [5.41, 5.74) is 1.30. The minimum atomic E-state index is -0.497. The molecule has 134 valence electrons. The van der Waals surface area contributed by atoms with Crippen molar-refractivity contribution in [2.75, 3.05) is 18.0 Å². The number of benzene rings is 1. The average molecular weight is 389 g/mol. The van der Waals surface area contributed by atoms with Crippen molar-refractivity contribution in [1.29, 1.82) is 0 Å². The van der Waals surface area contributed by atoms with Crippen molar-refractivity contribution in [2.24, 2.45) is 5.41 Å². The van der Waals surface area contributed by atoms with Gasteiger partial charge in [-0.05, 0) is 24.1 Å². The van der Waals surface area contributed by atoms with E-state index in [0.29, 0.717) is 36.8 Å². The van der Waals surface area contributed by atoms with Gasteiger partial charge in [0.15, 0.2) is 5.13 Å². The predicted octanol–water partition coefficient (Wildman–Crippen LogP) is 3.15. The second-order valence-corrected chi connectivity index (χ2v) is 7.74. The smallest absolute Gasteiger partial charge is 0.230 e. The maximum absolute atomic E-state index is 13.0. The van der Waals surface area contributed by atoms with Gasteiger partial charge in [-0.2, -0.15) is 0 Å². The van der Waals surface area contributed by atoms with Gasteiger partial charge in [0.25, 0.3) is 0 Å². The van der Waals surface area contributed by atoms with Gasteiger partial charge < -0.3 is 14.7 Å². The SMILES string of the molecule is O=C(NCc1ccon1)C1(Cc2ccc(Cl)cc2)CN(c2nccs2)C1. The number of anilines is 1. The first-order valence-corrected chi connectivity index (χ1v) is 9.47. The Labute approximate surface area is 159 Å². The number of nitrogens with zero attached hydrogens (tertiary/aromatic N) is 3. The molecule has 0 unspecified atom stereocenters. The predicted molar refractivity (Wildman–Crippen MR) is 100 cm³/mol. The Morgan fingerprint density at radius 1 is 1.31 bits per heavy atom. The van der Waals surface area contributed by atoms with Gasteiger partial charge in [0, 0.05) is 35.8 Å². The molecule has 3 aromatic rings. The molecule has 0 aliphatic carbocycles. The highest BCUT2D eigenvalue weighted by Gasteiger charge is 2.49. The van der Waals surface area contributed by atoms with Crippen molar-refractivity contribution >= 4 is 34.0 Å². The summed E-state index contributed by atoms with van der Waals surface area (Å²) in [6, 6.07) is 9.40. The van der Waals surface area contributed by atoms with Gasteiger partial charge in [-0.3, -0.25) is 4.79 Å². The van der Waals surface area contributed by atoms with E-state index in [9.17, 15) is 4.79 Å². The third-order valence-electron chi connectivity index (χ3n) is 4.54. The molecule has 0 saturated carbocycles. The molecule has 1 amide bonds. The van der Waals surface area contributed by atoms with E-state index in [1.165, 1.54) is 6.26 Å². The van der Waals surface area contributed by atoms with Gasteiger partial charge in [0.2, 0.25) is 5.91 Å². The van der Waals surface area contributed by atoms with Crippen LogP contribution in [0, 0.1) is 5.41 Å². The van der Waals surface area contributed by atoms with E-state index in [1.54, 1.807) is 23.6 Å². The first-order chi connectivity index (χ1) is 12.6. The van der Waals surface area contributed by atoms with Crippen LogP contribution in [0.3, 0.4) is 0 Å². The van der Waals surface area contributed by atoms with Gasteiger partial charge >= 0.3 is 0 Å². The van der Waals surface area contributed by atoms with Crippen molar-refractivity contribution in [2.45, 2.75) is 13.0 Å². The molecule has 1 N–H and O–H groups in total. The standard InChI is InChI=1S/C18H17ClN4O2S/c19-14-3-1-13(2-4-14)9-18(11-23(12-18)17-20-6-8-26-17)16(24)21-10-15-5-7-25-22-15/h1-8H,9-12H2,(H,21,24). The molecule has 26 heavy (non-hydrogen) atoms. The lowest BCUT2D eigenvalue weighted by molar-refractivity contribution is -0.132. The minimum absolute atomic E-state index is 0.0169. The molecule has 6 nitrogen and oxygen atoms in total. The van der Waals surface area contributed by atoms with Crippen LogP contribution in [0.1, 0.15) is 11.3 Å². The van der Waals surface area contributed by atoms with Crippen molar-refractivity contribution in [1.82, 2.24) is 15.5 Å². The maximum atomic E-state index is 13.0. The lowest BCUT2D eigenvalue weighted by atomic mass is 9.74. The normalized spacial score (nSPS) is 15.5. The fourth-order valence-electron chi connectivity index (χ4n) is 3.21. The Hall–Kier alpha value is -2.38. The number of carbonyl (C=O) groups is 1. The largest absolute Gasteiger partial charge is 0.364 e. The molecule has 0 bridgehead atoms. The summed E-state index contributed by atoms with van der Waals surface area (Å²) in [6.07, 6.45) is 3.93. The fraction of sp³-hybridized carbons (Fsp3) is 0.278. The molecule has 0 radical (unpaired) electrons. The van der Waals surface area contributed by atoms with Gasteiger partial charge in [-0.1, -0.05) is 28.9 Å². The van der Waals surface area contributed by atoms with Crippen molar-refractivity contribution < 1.29 is 9.32 Å². The van der Waals surface area contributed by atoms with Gasteiger partial charge in [0.1, 0.15) is 12.0 Å². The molecule has 1 aliphatic rings. The fourth-order valence-corrected chi connectivity index (χ4v) is 3.98. The Morgan fingerprint density at radius 3 is 2.77 bits per heavy atom. The van der Waals surface area contributed by atoms with Gasteiger partial charge in [-0.15, -0.1) is 11.3 Å².